The van der Waals surface area contributed by atoms with Gasteiger partial charge in [-0.15, -0.1) is 0 Å². The van der Waals surface area contributed by atoms with Crippen LogP contribution in [0.1, 0.15) is 6.92 Å². The van der Waals surface area contributed by atoms with Crippen molar-refractivity contribution in [3.8, 4) is 0 Å². The first-order valence-electron chi connectivity index (χ1n) is 6.62. The smallest absolute Gasteiger partial charge is 0.172 e. The molecule has 1 saturated heterocycles. The van der Waals surface area contributed by atoms with Crippen LogP contribution < -0.4 is 10.6 Å². The number of rotatable bonds is 1. The quantitative estimate of drug-likeness (QED) is 0.835. The first kappa shape index (κ1) is 12.2. The molecule has 0 spiro atoms. The Kier molecular flexibility index (Phi) is 2.98. The summed E-state index contributed by atoms with van der Waals surface area (Å²) in [6, 6.07) is 8.35. The van der Waals surface area contributed by atoms with Gasteiger partial charge in [-0.3, -0.25) is 0 Å². The van der Waals surface area contributed by atoms with Crippen molar-refractivity contribution < 1.29 is 0 Å². The molecule has 1 unspecified atom stereocenters. The zero-order valence-electron chi connectivity index (χ0n) is 11.4. The van der Waals surface area contributed by atoms with Gasteiger partial charge in [-0.25, -0.2) is 9.97 Å². The lowest BCUT2D eigenvalue weighted by Gasteiger charge is -2.38. The minimum Gasteiger partial charge on any atom is -0.381 e. The summed E-state index contributed by atoms with van der Waals surface area (Å²) in [6.07, 6.45) is 0. The monoisotopic (exact) mass is 257 g/mol. The van der Waals surface area contributed by atoms with Gasteiger partial charge in [0.15, 0.2) is 11.6 Å². The lowest BCUT2D eigenvalue weighted by molar-refractivity contribution is 0.233. The second-order valence-corrected chi connectivity index (χ2v) is 5.20. The van der Waals surface area contributed by atoms with Crippen LogP contribution in [0.5, 0.6) is 0 Å². The van der Waals surface area contributed by atoms with E-state index < -0.39 is 0 Å². The molecule has 2 aromatic rings. The van der Waals surface area contributed by atoms with Crippen LogP contribution in [0.25, 0.3) is 11.0 Å². The summed E-state index contributed by atoms with van der Waals surface area (Å²) in [5, 5.41) is 0. The Morgan fingerprint density at radius 2 is 1.84 bits per heavy atom. The highest BCUT2D eigenvalue weighted by Gasteiger charge is 2.23. The van der Waals surface area contributed by atoms with Crippen molar-refractivity contribution in [3.63, 3.8) is 0 Å². The van der Waals surface area contributed by atoms with E-state index >= 15 is 0 Å². The van der Waals surface area contributed by atoms with Crippen LogP contribution >= 0.6 is 0 Å². The average Bonchev–Trinajstić information content (AvgIpc) is 2.41. The Morgan fingerprint density at radius 3 is 2.53 bits per heavy atom. The number of hydrogen-bond donors (Lipinski definition) is 1. The first-order chi connectivity index (χ1) is 9.15. The SMILES string of the molecule is CC1CN(c2nc3ccccc3nc2N)CCN1C. The number of likely N-dealkylation sites (N-methyl/N-ethyl adjacent to an activating group) is 1. The van der Waals surface area contributed by atoms with E-state index in [4.69, 9.17) is 5.73 Å². The summed E-state index contributed by atoms with van der Waals surface area (Å²) < 4.78 is 0. The molecule has 1 aliphatic heterocycles. The first-order valence-corrected chi connectivity index (χ1v) is 6.62. The molecule has 19 heavy (non-hydrogen) atoms. The number of piperazine rings is 1. The maximum absolute atomic E-state index is 6.07. The number of aromatic nitrogens is 2. The van der Waals surface area contributed by atoms with E-state index in [1.807, 2.05) is 24.3 Å². The molecule has 100 valence electrons. The Bertz CT molecular complexity index is 597. The van der Waals surface area contributed by atoms with Gasteiger partial charge in [0.2, 0.25) is 0 Å². The third-order valence-electron chi connectivity index (χ3n) is 3.84. The molecule has 0 amide bonds. The fraction of sp³-hybridized carbons (Fsp3) is 0.429. The fourth-order valence-corrected chi connectivity index (χ4v) is 2.48. The van der Waals surface area contributed by atoms with Crippen LogP contribution in [0.2, 0.25) is 0 Å². The summed E-state index contributed by atoms with van der Waals surface area (Å²) in [5.41, 5.74) is 7.82. The van der Waals surface area contributed by atoms with Gasteiger partial charge in [0, 0.05) is 25.7 Å². The van der Waals surface area contributed by atoms with Crippen LogP contribution in [0, 0.1) is 0 Å². The van der Waals surface area contributed by atoms with Crippen LogP contribution in [0.15, 0.2) is 24.3 Å². The van der Waals surface area contributed by atoms with E-state index in [0.29, 0.717) is 11.9 Å². The summed E-state index contributed by atoms with van der Waals surface area (Å²) >= 11 is 0. The molecule has 1 aliphatic rings. The van der Waals surface area contributed by atoms with Gasteiger partial charge >= 0.3 is 0 Å². The molecule has 2 heterocycles. The number of nitrogens with zero attached hydrogens (tertiary/aromatic N) is 4. The predicted molar refractivity (Wildman–Crippen MR) is 78.3 cm³/mol. The summed E-state index contributed by atoms with van der Waals surface area (Å²) in [6.45, 7) is 5.12. The van der Waals surface area contributed by atoms with Gasteiger partial charge in [-0.05, 0) is 26.1 Å². The van der Waals surface area contributed by atoms with Gasteiger partial charge in [0.25, 0.3) is 0 Å². The second-order valence-electron chi connectivity index (χ2n) is 5.20. The highest BCUT2D eigenvalue weighted by Crippen LogP contribution is 2.24. The summed E-state index contributed by atoms with van der Waals surface area (Å²) in [4.78, 5) is 13.7. The molecule has 1 aromatic heterocycles. The van der Waals surface area contributed by atoms with Crippen molar-refractivity contribution in [3.05, 3.63) is 24.3 Å². The number of hydrogen-bond acceptors (Lipinski definition) is 5. The maximum Gasteiger partial charge on any atom is 0.172 e. The molecule has 1 fully saturated rings. The van der Waals surface area contributed by atoms with Crippen molar-refractivity contribution in [2.24, 2.45) is 0 Å². The zero-order chi connectivity index (χ0) is 13.4. The molecular weight excluding hydrogens is 238 g/mol. The number of para-hydroxylation sites is 2. The van der Waals surface area contributed by atoms with Gasteiger partial charge < -0.3 is 15.5 Å². The van der Waals surface area contributed by atoms with E-state index in [1.165, 1.54) is 0 Å². The van der Waals surface area contributed by atoms with Crippen LogP contribution in [0.4, 0.5) is 11.6 Å². The lowest BCUT2D eigenvalue weighted by atomic mass is 10.2. The van der Waals surface area contributed by atoms with Crippen molar-refractivity contribution in [2.45, 2.75) is 13.0 Å². The van der Waals surface area contributed by atoms with Crippen molar-refractivity contribution in [2.75, 3.05) is 37.3 Å². The van der Waals surface area contributed by atoms with Crippen LogP contribution in [-0.4, -0.2) is 47.6 Å². The van der Waals surface area contributed by atoms with Gasteiger partial charge in [0.1, 0.15) is 0 Å². The van der Waals surface area contributed by atoms with E-state index in [0.717, 1.165) is 36.5 Å². The molecule has 5 heteroatoms. The molecule has 0 bridgehead atoms. The number of fused-ring (bicyclic) bond motifs is 1. The minimum absolute atomic E-state index is 0.501. The fourth-order valence-electron chi connectivity index (χ4n) is 2.48. The molecule has 1 atom stereocenters. The molecule has 5 nitrogen and oxygen atoms in total. The highest BCUT2D eigenvalue weighted by atomic mass is 15.3. The van der Waals surface area contributed by atoms with Gasteiger partial charge in [0.05, 0.1) is 11.0 Å². The molecule has 0 saturated carbocycles. The number of nitrogen functional groups attached to an aromatic ring is 1. The number of anilines is 2. The molecule has 1 aromatic carbocycles. The van der Waals surface area contributed by atoms with Crippen molar-refractivity contribution >= 4 is 22.7 Å². The average molecular weight is 257 g/mol. The van der Waals surface area contributed by atoms with Crippen molar-refractivity contribution in [1.29, 1.82) is 0 Å². The minimum atomic E-state index is 0.501. The second kappa shape index (κ2) is 4.66. The number of nitrogens with two attached hydrogens (primary N) is 1. The van der Waals surface area contributed by atoms with Gasteiger partial charge in [-0.1, -0.05) is 12.1 Å². The van der Waals surface area contributed by atoms with E-state index in [-0.39, 0.29) is 0 Å². The summed E-state index contributed by atoms with van der Waals surface area (Å²) in [7, 11) is 2.15. The van der Waals surface area contributed by atoms with Gasteiger partial charge in [-0.2, -0.15) is 0 Å². The maximum atomic E-state index is 6.07. The Hall–Kier alpha value is -1.88. The highest BCUT2D eigenvalue weighted by molar-refractivity contribution is 5.79. The molecular formula is C14H19N5. The Balaban J connectivity index is 1.98. The zero-order valence-corrected chi connectivity index (χ0v) is 11.4. The third kappa shape index (κ3) is 2.21. The lowest BCUT2D eigenvalue weighted by Crippen LogP contribution is -2.50. The van der Waals surface area contributed by atoms with E-state index in [9.17, 15) is 0 Å². The topological polar surface area (TPSA) is 58.3 Å². The molecule has 3 rings (SSSR count). The van der Waals surface area contributed by atoms with Crippen LogP contribution in [-0.2, 0) is 0 Å². The Labute approximate surface area is 113 Å². The predicted octanol–water partition coefficient (Wildman–Crippen LogP) is 1.35. The van der Waals surface area contributed by atoms with E-state index in [1.54, 1.807) is 0 Å². The molecule has 0 aliphatic carbocycles. The van der Waals surface area contributed by atoms with E-state index in [2.05, 4.69) is 33.7 Å². The third-order valence-corrected chi connectivity index (χ3v) is 3.84. The normalized spacial score (nSPS) is 20.9. The summed E-state index contributed by atoms with van der Waals surface area (Å²) in [5.74, 6) is 1.34. The largest absolute Gasteiger partial charge is 0.381 e. The number of benzene rings is 1. The molecule has 2 N–H and O–H groups in total. The molecule has 0 radical (unpaired) electrons. The standard InChI is InChI=1S/C14H19N5/c1-10-9-19(8-7-18(10)2)14-13(15)16-11-5-3-4-6-12(11)17-14/h3-6,10H,7-9H2,1-2H3,(H2,15,16). The Morgan fingerprint density at radius 1 is 1.16 bits per heavy atom. The van der Waals surface area contributed by atoms with Crippen molar-refractivity contribution in [1.82, 2.24) is 14.9 Å². The van der Waals surface area contributed by atoms with Crippen LogP contribution in [0.3, 0.4) is 0 Å².